The van der Waals surface area contributed by atoms with Gasteiger partial charge in [0.05, 0.1) is 20.6 Å². The van der Waals surface area contributed by atoms with E-state index in [-0.39, 0.29) is 30.5 Å². The maximum atomic E-state index is 11.0. The Bertz CT molecular complexity index is 384. The number of carbonyl (C=O) groups excluding carboxylic acids is 1. The van der Waals surface area contributed by atoms with Gasteiger partial charge in [-0.1, -0.05) is 6.07 Å². The summed E-state index contributed by atoms with van der Waals surface area (Å²) in [6.45, 7) is 0. The third-order valence-corrected chi connectivity index (χ3v) is 2.25. The first-order valence-corrected chi connectivity index (χ1v) is 4.77. The van der Waals surface area contributed by atoms with Crippen LogP contribution in [0.1, 0.15) is 18.0 Å². The molecule has 6 heteroatoms. The number of benzene rings is 1. The van der Waals surface area contributed by atoms with Crippen molar-refractivity contribution in [2.45, 2.75) is 12.5 Å². The molecule has 1 rings (SSSR count). The van der Waals surface area contributed by atoms with Gasteiger partial charge in [0.25, 0.3) is 0 Å². The molecule has 96 valence electrons. The largest absolute Gasteiger partial charge is 0.504 e. The number of nitrogens with two attached hydrogens (primary N) is 1. The zero-order chi connectivity index (χ0) is 12.1. The van der Waals surface area contributed by atoms with Gasteiger partial charge in [0.15, 0.2) is 11.5 Å². The highest BCUT2D eigenvalue weighted by Gasteiger charge is 2.13. The number of halogens is 1. The average Bonchev–Trinajstić information content (AvgIpc) is 2.29. The number of rotatable bonds is 4. The van der Waals surface area contributed by atoms with Crippen molar-refractivity contribution in [3.8, 4) is 11.5 Å². The molecule has 0 radical (unpaired) electrons. The molecule has 0 aliphatic carbocycles. The first-order valence-electron chi connectivity index (χ1n) is 4.77. The Morgan fingerprint density at radius 2 is 2.12 bits per heavy atom. The predicted molar refractivity (Wildman–Crippen MR) is 65.5 cm³/mol. The van der Waals surface area contributed by atoms with Crippen LogP contribution < -0.4 is 10.5 Å². The number of hydrogen-bond donors (Lipinski definition) is 2. The quantitative estimate of drug-likeness (QED) is 0.801. The summed E-state index contributed by atoms with van der Waals surface area (Å²) < 4.78 is 9.47. The lowest BCUT2D eigenvalue weighted by Gasteiger charge is -2.12. The van der Waals surface area contributed by atoms with E-state index in [2.05, 4.69) is 4.74 Å². The van der Waals surface area contributed by atoms with E-state index in [1.165, 1.54) is 20.3 Å². The van der Waals surface area contributed by atoms with Crippen LogP contribution in [0.5, 0.6) is 11.5 Å². The summed E-state index contributed by atoms with van der Waals surface area (Å²) in [7, 11) is 2.76. The second-order valence-corrected chi connectivity index (χ2v) is 3.32. The first kappa shape index (κ1) is 15.5. The van der Waals surface area contributed by atoms with Crippen LogP contribution in [0.3, 0.4) is 0 Å². The molecule has 0 bridgehead atoms. The summed E-state index contributed by atoms with van der Waals surface area (Å²) in [5, 5.41) is 9.39. The Kier molecular flexibility index (Phi) is 6.38. The Morgan fingerprint density at radius 3 is 2.65 bits per heavy atom. The number of hydrogen-bond acceptors (Lipinski definition) is 5. The van der Waals surface area contributed by atoms with Gasteiger partial charge in [-0.05, 0) is 17.7 Å². The fourth-order valence-electron chi connectivity index (χ4n) is 1.31. The molecule has 5 nitrogen and oxygen atoms in total. The zero-order valence-corrected chi connectivity index (χ0v) is 10.5. The van der Waals surface area contributed by atoms with Crippen LogP contribution in [0.2, 0.25) is 0 Å². The number of carbonyl (C=O) groups is 1. The molecule has 0 unspecified atom stereocenters. The number of aromatic hydroxyl groups is 1. The van der Waals surface area contributed by atoms with Gasteiger partial charge in [0, 0.05) is 6.04 Å². The van der Waals surface area contributed by atoms with Crippen molar-refractivity contribution >= 4 is 18.4 Å². The van der Waals surface area contributed by atoms with Gasteiger partial charge in [-0.3, -0.25) is 4.79 Å². The standard InChI is InChI=1S/C11H15NO4.ClH/c1-15-10-5-7(3-4-9(10)13)8(12)6-11(14)16-2;/h3-5,8,13H,6,12H2,1-2H3;1H/t8-;/m0./s1. The fourth-order valence-corrected chi connectivity index (χ4v) is 1.31. The predicted octanol–water partition coefficient (Wildman–Crippen LogP) is 1.39. The van der Waals surface area contributed by atoms with Crippen molar-refractivity contribution in [2.24, 2.45) is 5.73 Å². The summed E-state index contributed by atoms with van der Waals surface area (Å²) in [5.74, 6) is -0.00567. The van der Waals surface area contributed by atoms with Gasteiger partial charge in [0.1, 0.15) is 0 Å². The third-order valence-electron chi connectivity index (χ3n) is 2.25. The highest BCUT2D eigenvalue weighted by molar-refractivity contribution is 5.85. The maximum absolute atomic E-state index is 11.0. The van der Waals surface area contributed by atoms with E-state index in [1.54, 1.807) is 12.1 Å². The topological polar surface area (TPSA) is 81.8 Å². The average molecular weight is 262 g/mol. The molecule has 0 spiro atoms. The van der Waals surface area contributed by atoms with Gasteiger partial charge in [-0.25, -0.2) is 0 Å². The van der Waals surface area contributed by atoms with Gasteiger partial charge in [-0.2, -0.15) is 0 Å². The normalized spacial score (nSPS) is 11.2. The molecule has 0 aliphatic heterocycles. The van der Waals surface area contributed by atoms with Crippen LogP contribution in [0.25, 0.3) is 0 Å². The molecule has 0 heterocycles. The molecular formula is C11H16ClNO4. The Labute approximate surface area is 106 Å². The molecule has 0 amide bonds. The molecule has 17 heavy (non-hydrogen) atoms. The highest BCUT2D eigenvalue weighted by atomic mass is 35.5. The fraction of sp³-hybridized carbons (Fsp3) is 0.364. The second-order valence-electron chi connectivity index (χ2n) is 3.32. The molecule has 0 saturated heterocycles. The SMILES string of the molecule is COC(=O)C[C@H](N)c1ccc(O)c(OC)c1.Cl. The number of phenolic OH excluding ortho intramolecular Hbond substituents is 1. The van der Waals surface area contributed by atoms with E-state index in [0.29, 0.717) is 11.3 Å². The Hall–Kier alpha value is -1.46. The minimum absolute atomic E-state index is 0. The van der Waals surface area contributed by atoms with Gasteiger partial charge >= 0.3 is 5.97 Å². The van der Waals surface area contributed by atoms with Crippen LogP contribution in [0.4, 0.5) is 0 Å². The van der Waals surface area contributed by atoms with E-state index < -0.39 is 6.04 Å². The van der Waals surface area contributed by atoms with Crippen molar-refractivity contribution in [1.29, 1.82) is 0 Å². The van der Waals surface area contributed by atoms with Crippen LogP contribution in [-0.2, 0) is 9.53 Å². The molecule has 0 aromatic heterocycles. The van der Waals surface area contributed by atoms with Crippen molar-refractivity contribution in [1.82, 2.24) is 0 Å². The lowest BCUT2D eigenvalue weighted by atomic mass is 10.0. The van der Waals surface area contributed by atoms with Gasteiger partial charge in [0.2, 0.25) is 0 Å². The lowest BCUT2D eigenvalue weighted by molar-refractivity contribution is -0.141. The zero-order valence-electron chi connectivity index (χ0n) is 9.67. The van der Waals surface area contributed by atoms with Gasteiger partial charge < -0.3 is 20.3 Å². The molecule has 0 aliphatic rings. The van der Waals surface area contributed by atoms with Crippen molar-refractivity contribution in [3.05, 3.63) is 23.8 Å². The van der Waals surface area contributed by atoms with E-state index in [1.807, 2.05) is 0 Å². The lowest BCUT2D eigenvalue weighted by Crippen LogP contribution is -2.16. The van der Waals surface area contributed by atoms with Crippen LogP contribution in [0.15, 0.2) is 18.2 Å². The Morgan fingerprint density at radius 1 is 1.47 bits per heavy atom. The molecule has 0 fully saturated rings. The van der Waals surface area contributed by atoms with Crippen LogP contribution in [0, 0.1) is 0 Å². The summed E-state index contributed by atoms with van der Waals surface area (Å²) in [6, 6.07) is 4.25. The molecule has 1 aromatic rings. The third kappa shape index (κ3) is 4.13. The van der Waals surface area contributed by atoms with Crippen molar-refractivity contribution < 1.29 is 19.4 Å². The van der Waals surface area contributed by atoms with Crippen molar-refractivity contribution in [3.63, 3.8) is 0 Å². The van der Waals surface area contributed by atoms with E-state index in [4.69, 9.17) is 10.5 Å². The summed E-state index contributed by atoms with van der Waals surface area (Å²) in [4.78, 5) is 11.0. The number of ether oxygens (including phenoxy) is 2. The smallest absolute Gasteiger partial charge is 0.307 e. The summed E-state index contributed by atoms with van der Waals surface area (Å²) in [5.41, 5.74) is 6.52. The number of methoxy groups -OCH3 is 2. The van der Waals surface area contributed by atoms with Crippen molar-refractivity contribution in [2.75, 3.05) is 14.2 Å². The monoisotopic (exact) mass is 261 g/mol. The number of phenols is 1. The van der Waals surface area contributed by atoms with Crippen LogP contribution in [-0.4, -0.2) is 25.3 Å². The van der Waals surface area contributed by atoms with Gasteiger partial charge in [-0.15, -0.1) is 12.4 Å². The first-order chi connectivity index (χ1) is 7.58. The Balaban J connectivity index is 0.00000256. The second kappa shape index (κ2) is 6.98. The minimum atomic E-state index is -0.470. The molecule has 3 N–H and O–H groups in total. The minimum Gasteiger partial charge on any atom is -0.504 e. The summed E-state index contributed by atoms with van der Waals surface area (Å²) in [6.07, 6.45) is 0.0877. The van der Waals surface area contributed by atoms with E-state index in [9.17, 15) is 9.90 Å². The van der Waals surface area contributed by atoms with E-state index in [0.717, 1.165) is 0 Å². The highest BCUT2D eigenvalue weighted by Crippen LogP contribution is 2.29. The molecule has 1 aromatic carbocycles. The molecule has 1 atom stereocenters. The molecular weight excluding hydrogens is 246 g/mol. The van der Waals surface area contributed by atoms with Crippen LogP contribution >= 0.6 is 12.4 Å². The maximum Gasteiger partial charge on any atom is 0.307 e. The molecule has 0 saturated carbocycles. The summed E-state index contributed by atoms with van der Waals surface area (Å²) >= 11 is 0. The van der Waals surface area contributed by atoms with E-state index >= 15 is 0 Å². The number of esters is 1.